The van der Waals surface area contributed by atoms with Gasteiger partial charge in [-0.2, -0.15) is 5.10 Å². The number of rotatable bonds is 4. The zero-order valence-electron chi connectivity index (χ0n) is 11.2. The van der Waals surface area contributed by atoms with E-state index in [2.05, 4.69) is 18.9 Å². The van der Waals surface area contributed by atoms with Gasteiger partial charge in [-0.05, 0) is 25.8 Å². The van der Waals surface area contributed by atoms with Crippen molar-refractivity contribution in [3.63, 3.8) is 0 Å². The highest BCUT2D eigenvalue weighted by Gasteiger charge is 2.05. The van der Waals surface area contributed by atoms with Crippen molar-refractivity contribution in [3.05, 3.63) is 27.7 Å². The fourth-order valence-electron chi connectivity index (χ4n) is 1.49. The van der Waals surface area contributed by atoms with Crippen LogP contribution in [0.3, 0.4) is 0 Å². The molecule has 0 amide bonds. The van der Waals surface area contributed by atoms with Crippen LogP contribution < -0.4 is 5.56 Å². The molecule has 0 atom stereocenters. The molecule has 0 N–H and O–H groups in total. The molecule has 3 heteroatoms. The van der Waals surface area contributed by atoms with Gasteiger partial charge in [0.15, 0.2) is 0 Å². The van der Waals surface area contributed by atoms with Gasteiger partial charge in [-0.1, -0.05) is 41.5 Å². The van der Waals surface area contributed by atoms with Crippen LogP contribution in [0.4, 0.5) is 0 Å². The van der Waals surface area contributed by atoms with E-state index in [0.717, 1.165) is 30.5 Å². The Morgan fingerprint density at radius 3 is 2.24 bits per heavy atom. The molecule has 17 heavy (non-hydrogen) atoms. The van der Waals surface area contributed by atoms with Crippen molar-refractivity contribution in [2.24, 2.45) is 0 Å². The number of aromatic nitrogens is 2. The third-order valence-corrected chi connectivity index (χ3v) is 2.28. The van der Waals surface area contributed by atoms with Gasteiger partial charge >= 0.3 is 0 Å². The number of nitrogens with zero attached hydrogens (tertiary/aromatic N) is 2. The van der Waals surface area contributed by atoms with Gasteiger partial charge < -0.3 is 0 Å². The second-order valence-corrected chi connectivity index (χ2v) is 3.39. The maximum atomic E-state index is 11.8. The van der Waals surface area contributed by atoms with Gasteiger partial charge in [0.1, 0.15) is 0 Å². The van der Waals surface area contributed by atoms with Gasteiger partial charge in [0, 0.05) is 12.1 Å². The molecule has 0 aliphatic rings. The van der Waals surface area contributed by atoms with Crippen LogP contribution in [0.1, 0.15) is 59.7 Å². The van der Waals surface area contributed by atoms with E-state index >= 15 is 0 Å². The average Bonchev–Trinajstić information content (AvgIpc) is 2.34. The predicted molar refractivity (Wildman–Crippen MR) is 75.6 cm³/mol. The Morgan fingerprint density at radius 2 is 1.82 bits per heavy atom. The molecule has 0 aliphatic carbocycles. The number of hydrogen-bond donors (Lipinski definition) is 0. The van der Waals surface area contributed by atoms with Gasteiger partial charge in [-0.3, -0.25) is 4.79 Å². The van der Waals surface area contributed by atoms with Gasteiger partial charge in [-0.25, -0.2) is 4.68 Å². The summed E-state index contributed by atoms with van der Waals surface area (Å²) in [7, 11) is 0. The monoisotopic (exact) mass is 240 g/mol. The normalized spacial score (nSPS) is 9.00. The highest BCUT2D eigenvalue weighted by atomic mass is 16.1. The van der Waals surface area contributed by atoms with Crippen LogP contribution in [0.2, 0.25) is 0 Å². The summed E-state index contributed by atoms with van der Waals surface area (Å²) in [6.07, 6.45) is 2.75. The Labute approximate surface area is 106 Å². The Kier molecular flexibility index (Phi) is 10.8. The van der Waals surface area contributed by atoms with Gasteiger partial charge in [0.2, 0.25) is 0 Å². The van der Waals surface area contributed by atoms with E-state index in [1.54, 1.807) is 4.68 Å². The van der Waals surface area contributed by atoms with Crippen LogP contribution in [-0.4, -0.2) is 9.78 Å². The van der Waals surface area contributed by atoms with Crippen molar-refractivity contribution in [2.75, 3.05) is 0 Å². The Bertz CT molecular complexity index is 356. The summed E-state index contributed by atoms with van der Waals surface area (Å²) in [6, 6.07) is 1.94. The number of aryl methyl sites for hydroxylation is 3. The van der Waals surface area contributed by atoms with Gasteiger partial charge in [-0.15, -0.1) is 0 Å². The summed E-state index contributed by atoms with van der Waals surface area (Å²) in [4.78, 5) is 11.8. The molecular weight excluding hydrogens is 212 g/mol. The molecule has 0 bridgehead atoms. The van der Waals surface area contributed by atoms with Crippen LogP contribution in [-0.2, 0) is 19.4 Å². The van der Waals surface area contributed by atoms with E-state index in [9.17, 15) is 4.79 Å². The molecule has 100 valence electrons. The van der Waals surface area contributed by atoms with Crippen molar-refractivity contribution in [1.29, 1.82) is 0 Å². The Hall–Kier alpha value is -1.12. The molecule has 0 aliphatic heterocycles. The lowest BCUT2D eigenvalue weighted by Gasteiger charge is -2.06. The minimum absolute atomic E-state index is 0. The molecule has 0 radical (unpaired) electrons. The molecule has 1 aromatic rings. The molecule has 1 rings (SSSR count). The maximum Gasteiger partial charge on any atom is 0.269 e. The Morgan fingerprint density at radius 1 is 1.24 bits per heavy atom. The summed E-state index contributed by atoms with van der Waals surface area (Å²) in [5, 5.41) is 4.26. The molecule has 1 aromatic heterocycles. The second kappa shape index (κ2) is 10.1. The highest BCUT2D eigenvalue weighted by Crippen LogP contribution is 2.00. The molecular formula is C14H28N2O. The highest BCUT2D eigenvalue weighted by molar-refractivity contribution is 5.13. The van der Waals surface area contributed by atoms with Crippen LogP contribution in [0.15, 0.2) is 10.9 Å². The van der Waals surface area contributed by atoms with Gasteiger partial charge in [0.25, 0.3) is 5.56 Å². The van der Waals surface area contributed by atoms with Crippen molar-refractivity contribution in [1.82, 2.24) is 9.78 Å². The first kappa shape index (κ1) is 18.3. The predicted octanol–water partition coefficient (Wildman–Crippen LogP) is 3.44. The first-order chi connectivity index (χ1) is 7.72. The van der Waals surface area contributed by atoms with Crippen LogP contribution in [0.5, 0.6) is 0 Å². The quantitative estimate of drug-likeness (QED) is 0.808. The van der Waals surface area contributed by atoms with E-state index in [0.29, 0.717) is 6.54 Å². The lowest BCUT2D eigenvalue weighted by Crippen LogP contribution is -2.26. The summed E-state index contributed by atoms with van der Waals surface area (Å²) in [5.74, 6) is 0. The molecule has 0 saturated heterocycles. The average molecular weight is 240 g/mol. The van der Waals surface area contributed by atoms with Crippen molar-refractivity contribution >= 4 is 0 Å². The zero-order valence-corrected chi connectivity index (χ0v) is 11.2. The SMILES string of the molecule is C.CC.CCCc1cc(CC)nn(CC)c1=O. The molecule has 3 nitrogen and oxygen atoms in total. The summed E-state index contributed by atoms with van der Waals surface area (Å²) < 4.78 is 1.56. The van der Waals surface area contributed by atoms with Crippen LogP contribution >= 0.6 is 0 Å². The van der Waals surface area contributed by atoms with Crippen LogP contribution in [0.25, 0.3) is 0 Å². The van der Waals surface area contributed by atoms with E-state index < -0.39 is 0 Å². The lowest BCUT2D eigenvalue weighted by molar-refractivity contribution is 0.589. The minimum Gasteiger partial charge on any atom is -0.268 e. The molecule has 0 spiro atoms. The van der Waals surface area contributed by atoms with Crippen LogP contribution in [0, 0.1) is 0 Å². The fourth-order valence-corrected chi connectivity index (χ4v) is 1.49. The Balaban J connectivity index is 0. The smallest absolute Gasteiger partial charge is 0.268 e. The minimum atomic E-state index is 0. The second-order valence-electron chi connectivity index (χ2n) is 3.39. The fraction of sp³-hybridized carbons (Fsp3) is 0.714. The van der Waals surface area contributed by atoms with E-state index in [1.165, 1.54) is 0 Å². The maximum absolute atomic E-state index is 11.8. The van der Waals surface area contributed by atoms with E-state index in [4.69, 9.17) is 0 Å². The number of hydrogen-bond acceptors (Lipinski definition) is 2. The molecule has 1 heterocycles. The first-order valence-corrected chi connectivity index (χ1v) is 6.32. The van der Waals surface area contributed by atoms with Crippen molar-refractivity contribution in [3.8, 4) is 0 Å². The molecule has 0 unspecified atom stereocenters. The third kappa shape index (κ3) is 5.16. The summed E-state index contributed by atoms with van der Waals surface area (Å²) in [5.41, 5.74) is 1.99. The summed E-state index contributed by atoms with van der Waals surface area (Å²) >= 11 is 0. The first-order valence-electron chi connectivity index (χ1n) is 6.32. The standard InChI is InChI=1S/C11H18N2O.C2H6.CH4/c1-4-7-9-8-10(5-2)12-13(6-3)11(9)14;1-2;/h8H,4-7H2,1-3H3;1-2H3;1H4. The van der Waals surface area contributed by atoms with Crippen molar-refractivity contribution < 1.29 is 0 Å². The lowest BCUT2D eigenvalue weighted by atomic mass is 10.1. The topological polar surface area (TPSA) is 34.9 Å². The van der Waals surface area contributed by atoms with Gasteiger partial charge in [0.05, 0.1) is 5.69 Å². The van der Waals surface area contributed by atoms with E-state index in [1.807, 2.05) is 26.8 Å². The van der Waals surface area contributed by atoms with Crippen molar-refractivity contribution in [2.45, 2.75) is 67.9 Å². The molecule has 0 fully saturated rings. The largest absolute Gasteiger partial charge is 0.269 e. The third-order valence-electron chi connectivity index (χ3n) is 2.28. The molecule has 0 saturated carbocycles. The van der Waals surface area contributed by atoms with E-state index in [-0.39, 0.29) is 13.0 Å². The molecule has 0 aromatic carbocycles. The summed E-state index contributed by atoms with van der Waals surface area (Å²) in [6.45, 7) is 10.7. The zero-order chi connectivity index (χ0) is 12.6.